The number of rotatable bonds is 9. The van der Waals surface area contributed by atoms with Gasteiger partial charge in [0.1, 0.15) is 5.75 Å². The number of carbonyl (C=O) groups is 1. The van der Waals surface area contributed by atoms with E-state index in [-0.39, 0.29) is 18.1 Å². The average molecular weight is 460 g/mol. The summed E-state index contributed by atoms with van der Waals surface area (Å²) in [7, 11) is 1.60. The van der Waals surface area contributed by atoms with Crippen LogP contribution in [0.3, 0.4) is 0 Å². The van der Waals surface area contributed by atoms with Crippen LogP contribution >= 0.6 is 0 Å². The standard InChI is InChI=1S/C25H25N5O4/c1-4-33-21-10-5-6-11-22(21)34-23-13-12-18(15-26-23)16-27-25(31)24-17(2)30(29-28-24)19-8-7-9-20(14-19)32-3/h5-15H,4,16H2,1-3H3,(H,27,31). The van der Waals surface area contributed by atoms with Gasteiger partial charge in [0.2, 0.25) is 5.88 Å². The number of carbonyl (C=O) groups excluding carboxylic acids is 1. The van der Waals surface area contributed by atoms with Gasteiger partial charge < -0.3 is 19.5 Å². The van der Waals surface area contributed by atoms with Gasteiger partial charge in [-0.1, -0.05) is 29.5 Å². The second-order valence-corrected chi connectivity index (χ2v) is 7.31. The SMILES string of the molecule is CCOc1ccccc1Oc1ccc(CNC(=O)c2nnn(-c3cccc(OC)c3)c2C)cn1. The molecule has 0 aliphatic rings. The number of hydrogen-bond acceptors (Lipinski definition) is 7. The van der Waals surface area contributed by atoms with E-state index in [4.69, 9.17) is 14.2 Å². The van der Waals surface area contributed by atoms with Crippen LogP contribution in [0.2, 0.25) is 0 Å². The number of hydrogen-bond donors (Lipinski definition) is 1. The zero-order chi connectivity index (χ0) is 23.9. The Morgan fingerprint density at radius 3 is 2.62 bits per heavy atom. The van der Waals surface area contributed by atoms with Gasteiger partial charge in [0.05, 0.1) is 25.1 Å². The highest BCUT2D eigenvalue weighted by atomic mass is 16.5. The van der Waals surface area contributed by atoms with Crippen molar-refractivity contribution in [1.29, 1.82) is 0 Å². The summed E-state index contributed by atoms with van der Waals surface area (Å²) < 4.78 is 18.3. The van der Waals surface area contributed by atoms with Gasteiger partial charge >= 0.3 is 0 Å². The molecule has 4 rings (SSSR count). The van der Waals surface area contributed by atoms with Crippen molar-refractivity contribution in [2.75, 3.05) is 13.7 Å². The largest absolute Gasteiger partial charge is 0.497 e. The van der Waals surface area contributed by atoms with Crippen molar-refractivity contribution in [2.24, 2.45) is 0 Å². The van der Waals surface area contributed by atoms with Crippen LogP contribution < -0.4 is 19.5 Å². The molecule has 9 nitrogen and oxygen atoms in total. The monoisotopic (exact) mass is 459 g/mol. The van der Waals surface area contributed by atoms with E-state index >= 15 is 0 Å². The lowest BCUT2D eigenvalue weighted by Gasteiger charge is -2.11. The van der Waals surface area contributed by atoms with Crippen molar-refractivity contribution < 1.29 is 19.0 Å². The minimum absolute atomic E-state index is 0.253. The quantitative estimate of drug-likeness (QED) is 0.402. The summed E-state index contributed by atoms with van der Waals surface area (Å²) in [6.45, 7) is 4.54. The van der Waals surface area contributed by atoms with Gasteiger partial charge in [0.25, 0.3) is 5.91 Å². The lowest BCUT2D eigenvalue weighted by Crippen LogP contribution is -2.24. The van der Waals surface area contributed by atoms with Crippen LogP contribution in [0, 0.1) is 6.92 Å². The molecule has 2 aromatic heterocycles. The molecule has 2 heterocycles. The molecule has 0 fully saturated rings. The smallest absolute Gasteiger partial charge is 0.274 e. The molecule has 174 valence electrons. The van der Waals surface area contributed by atoms with Crippen molar-refractivity contribution in [2.45, 2.75) is 20.4 Å². The molecule has 2 aromatic carbocycles. The topological polar surface area (TPSA) is 100 Å². The second kappa shape index (κ2) is 10.5. The van der Waals surface area contributed by atoms with Gasteiger partial charge in [0, 0.05) is 24.9 Å². The predicted octanol–water partition coefficient (Wildman–Crippen LogP) is 4.10. The number of methoxy groups -OCH3 is 1. The Bertz CT molecular complexity index is 1270. The fraction of sp³-hybridized carbons (Fsp3) is 0.200. The maximum absolute atomic E-state index is 12.7. The zero-order valence-electron chi connectivity index (χ0n) is 19.2. The predicted molar refractivity (Wildman–Crippen MR) is 126 cm³/mol. The van der Waals surface area contributed by atoms with Gasteiger partial charge in [-0.3, -0.25) is 4.79 Å². The molecule has 0 aliphatic heterocycles. The molecule has 0 atom stereocenters. The maximum atomic E-state index is 12.7. The van der Waals surface area contributed by atoms with Crippen molar-refractivity contribution in [3.8, 4) is 28.8 Å². The number of nitrogens with zero attached hydrogens (tertiary/aromatic N) is 4. The van der Waals surface area contributed by atoms with Gasteiger partial charge in [-0.25, -0.2) is 9.67 Å². The van der Waals surface area contributed by atoms with Gasteiger partial charge in [-0.2, -0.15) is 0 Å². The number of ether oxygens (including phenoxy) is 3. The second-order valence-electron chi connectivity index (χ2n) is 7.31. The Balaban J connectivity index is 1.39. The molecular weight excluding hydrogens is 434 g/mol. The van der Waals surface area contributed by atoms with Crippen molar-refractivity contribution in [3.05, 3.63) is 83.8 Å². The van der Waals surface area contributed by atoms with E-state index in [9.17, 15) is 4.79 Å². The third-order valence-corrected chi connectivity index (χ3v) is 5.02. The van der Waals surface area contributed by atoms with Crippen LogP contribution in [0.15, 0.2) is 66.9 Å². The average Bonchev–Trinajstić information content (AvgIpc) is 3.26. The molecule has 0 bridgehead atoms. The molecule has 34 heavy (non-hydrogen) atoms. The molecule has 0 saturated carbocycles. The minimum atomic E-state index is -0.322. The summed E-state index contributed by atoms with van der Waals surface area (Å²) >= 11 is 0. The summed E-state index contributed by atoms with van der Waals surface area (Å²) in [4.78, 5) is 17.0. The molecule has 1 N–H and O–H groups in total. The van der Waals surface area contributed by atoms with E-state index in [0.29, 0.717) is 35.4 Å². The minimum Gasteiger partial charge on any atom is -0.497 e. The number of amides is 1. The number of pyridine rings is 1. The van der Waals surface area contributed by atoms with Gasteiger partial charge in [-0.15, -0.1) is 5.10 Å². The molecule has 4 aromatic rings. The van der Waals surface area contributed by atoms with Crippen LogP contribution in [0.5, 0.6) is 23.1 Å². The van der Waals surface area contributed by atoms with Crippen molar-refractivity contribution in [3.63, 3.8) is 0 Å². The first-order valence-electron chi connectivity index (χ1n) is 10.8. The van der Waals surface area contributed by atoms with Crippen LogP contribution in [0.1, 0.15) is 28.7 Å². The van der Waals surface area contributed by atoms with E-state index in [1.54, 1.807) is 31.0 Å². The van der Waals surface area contributed by atoms with Crippen molar-refractivity contribution >= 4 is 5.91 Å². The number of aromatic nitrogens is 4. The fourth-order valence-corrected chi connectivity index (χ4v) is 3.29. The molecule has 1 amide bonds. The van der Waals surface area contributed by atoms with Crippen LogP contribution in [0.4, 0.5) is 0 Å². The lowest BCUT2D eigenvalue weighted by atomic mass is 10.2. The molecule has 0 saturated heterocycles. The Labute approximate surface area is 197 Å². The van der Waals surface area contributed by atoms with Gasteiger partial charge in [-0.05, 0) is 43.7 Å². The number of nitrogens with one attached hydrogen (secondary N) is 1. The molecule has 9 heteroatoms. The molecular formula is C25H25N5O4. The summed E-state index contributed by atoms with van der Waals surface area (Å²) in [6.07, 6.45) is 1.65. The van der Waals surface area contributed by atoms with Crippen LogP contribution in [0.25, 0.3) is 5.69 Å². The van der Waals surface area contributed by atoms with E-state index in [2.05, 4.69) is 20.6 Å². The van der Waals surface area contributed by atoms with Gasteiger partial charge in [0.15, 0.2) is 17.2 Å². The highest BCUT2D eigenvalue weighted by Crippen LogP contribution is 2.30. The normalized spacial score (nSPS) is 10.6. The summed E-state index contributed by atoms with van der Waals surface area (Å²) in [5, 5.41) is 11.0. The Hall–Kier alpha value is -4.40. The fourth-order valence-electron chi connectivity index (χ4n) is 3.29. The molecule has 0 unspecified atom stereocenters. The third-order valence-electron chi connectivity index (χ3n) is 5.02. The van der Waals surface area contributed by atoms with E-state index in [0.717, 1.165) is 11.3 Å². The summed E-state index contributed by atoms with van der Waals surface area (Å²) in [5.41, 5.74) is 2.45. The highest BCUT2D eigenvalue weighted by molar-refractivity contribution is 5.93. The lowest BCUT2D eigenvalue weighted by molar-refractivity contribution is 0.0945. The third kappa shape index (κ3) is 5.15. The van der Waals surface area contributed by atoms with Crippen LogP contribution in [-0.4, -0.2) is 39.6 Å². The maximum Gasteiger partial charge on any atom is 0.274 e. The summed E-state index contributed by atoms with van der Waals surface area (Å²) in [6, 6.07) is 18.4. The first-order chi connectivity index (χ1) is 16.6. The Morgan fingerprint density at radius 1 is 1.06 bits per heavy atom. The number of para-hydroxylation sites is 2. The Morgan fingerprint density at radius 2 is 1.88 bits per heavy atom. The molecule has 0 aliphatic carbocycles. The highest BCUT2D eigenvalue weighted by Gasteiger charge is 2.17. The number of benzene rings is 2. The molecule has 0 spiro atoms. The summed E-state index contributed by atoms with van der Waals surface area (Å²) in [5.74, 6) is 2.05. The Kier molecular flexibility index (Phi) is 7.02. The first kappa shape index (κ1) is 22.8. The van der Waals surface area contributed by atoms with E-state index in [1.807, 2.05) is 61.5 Å². The van der Waals surface area contributed by atoms with E-state index in [1.165, 1.54) is 0 Å². The first-order valence-corrected chi connectivity index (χ1v) is 10.8. The molecule has 0 radical (unpaired) electrons. The van der Waals surface area contributed by atoms with Crippen molar-refractivity contribution in [1.82, 2.24) is 25.3 Å². The zero-order valence-corrected chi connectivity index (χ0v) is 19.2. The van der Waals surface area contributed by atoms with E-state index < -0.39 is 0 Å². The van der Waals surface area contributed by atoms with Crippen LogP contribution in [-0.2, 0) is 6.54 Å².